The van der Waals surface area contributed by atoms with Gasteiger partial charge in [0.15, 0.2) is 0 Å². The Morgan fingerprint density at radius 3 is 1.42 bits per heavy atom. The summed E-state index contributed by atoms with van der Waals surface area (Å²) in [5.41, 5.74) is 12.8. The molecule has 0 aliphatic heterocycles. The van der Waals surface area contributed by atoms with Crippen molar-refractivity contribution in [3.63, 3.8) is 0 Å². The molecule has 13 rings (SSSR count). The monoisotopic (exact) mass is 811 g/mol. The van der Waals surface area contributed by atoms with Crippen LogP contribution in [0.5, 0.6) is 0 Å². The summed E-state index contributed by atoms with van der Waals surface area (Å²) in [6.45, 7) is 0. The molecule has 0 fully saturated rings. The van der Waals surface area contributed by atoms with Crippen molar-refractivity contribution in [2.24, 2.45) is 0 Å². The van der Waals surface area contributed by atoms with Crippen molar-refractivity contribution in [3.05, 3.63) is 271 Å². The second kappa shape index (κ2) is 14.4. The van der Waals surface area contributed by atoms with Crippen LogP contribution in [0.25, 0.3) is 76.1 Å². The molecule has 0 N–H and O–H groups in total. The molecule has 0 amide bonds. The van der Waals surface area contributed by atoms with Crippen molar-refractivity contribution in [2.45, 2.75) is 5.41 Å². The van der Waals surface area contributed by atoms with Gasteiger partial charge in [0.1, 0.15) is 0 Å². The highest BCUT2D eigenvalue weighted by atomic mass is 15.1. The molecule has 1 heteroatoms. The van der Waals surface area contributed by atoms with E-state index in [2.05, 4.69) is 254 Å². The quantitative estimate of drug-likeness (QED) is 0.151. The normalized spacial score (nSPS) is 12.8. The van der Waals surface area contributed by atoms with E-state index in [1.54, 1.807) is 0 Å². The molecule has 1 aliphatic carbocycles. The van der Waals surface area contributed by atoms with Gasteiger partial charge in [0, 0.05) is 17.1 Å². The summed E-state index contributed by atoms with van der Waals surface area (Å²) >= 11 is 0. The van der Waals surface area contributed by atoms with E-state index in [-0.39, 0.29) is 0 Å². The molecule has 1 nitrogen and oxygen atoms in total. The predicted octanol–water partition coefficient (Wildman–Crippen LogP) is 17.0. The number of rotatable bonds is 6. The summed E-state index contributed by atoms with van der Waals surface area (Å²) in [5, 5.41) is 12.7. The zero-order valence-corrected chi connectivity index (χ0v) is 35.1. The van der Waals surface area contributed by atoms with Crippen molar-refractivity contribution < 1.29 is 0 Å². The highest BCUT2D eigenvalue weighted by Crippen LogP contribution is 2.57. The molecule has 0 heterocycles. The highest BCUT2D eigenvalue weighted by Gasteiger charge is 2.46. The molecule has 0 unspecified atom stereocenters. The third-order valence-corrected chi connectivity index (χ3v) is 13.9. The molecular formula is C63H41N. The first-order valence-corrected chi connectivity index (χ1v) is 22.2. The zero-order chi connectivity index (χ0) is 42.2. The Labute approximate surface area is 372 Å². The van der Waals surface area contributed by atoms with Gasteiger partial charge in [-0.2, -0.15) is 0 Å². The van der Waals surface area contributed by atoms with Gasteiger partial charge in [0.2, 0.25) is 0 Å². The fourth-order valence-electron chi connectivity index (χ4n) is 11.0. The molecule has 0 atom stereocenters. The number of benzene rings is 12. The van der Waals surface area contributed by atoms with E-state index in [9.17, 15) is 0 Å². The van der Waals surface area contributed by atoms with Crippen LogP contribution < -0.4 is 4.90 Å². The van der Waals surface area contributed by atoms with Crippen molar-refractivity contribution >= 4 is 70.9 Å². The van der Waals surface area contributed by atoms with E-state index in [1.165, 1.54) is 98.4 Å². The van der Waals surface area contributed by atoms with Gasteiger partial charge in [0.25, 0.3) is 0 Å². The number of anilines is 3. The number of fused-ring (bicyclic) bond motifs is 12. The van der Waals surface area contributed by atoms with E-state index >= 15 is 0 Å². The fraction of sp³-hybridized carbons (Fsp3) is 0.0159. The van der Waals surface area contributed by atoms with Gasteiger partial charge in [-0.25, -0.2) is 0 Å². The summed E-state index contributed by atoms with van der Waals surface area (Å²) < 4.78 is 0. The van der Waals surface area contributed by atoms with Crippen molar-refractivity contribution in [3.8, 4) is 22.3 Å². The maximum atomic E-state index is 2.47. The number of hydrogen-bond donors (Lipinski definition) is 0. The average Bonchev–Trinajstić information content (AvgIpc) is 3.67. The van der Waals surface area contributed by atoms with Gasteiger partial charge in [-0.05, 0) is 141 Å². The Morgan fingerprint density at radius 2 is 0.719 bits per heavy atom. The summed E-state index contributed by atoms with van der Waals surface area (Å²) in [5.74, 6) is 0. The highest BCUT2D eigenvalue weighted by molar-refractivity contribution is 6.25. The van der Waals surface area contributed by atoms with Crippen LogP contribution in [0.3, 0.4) is 0 Å². The minimum Gasteiger partial charge on any atom is -0.310 e. The molecule has 0 saturated carbocycles. The van der Waals surface area contributed by atoms with Crippen LogP contribution in [0.1, 0.15) is 22.3 Å². The van der Waals surface area contributed by atoms with Crippen molar-refractivity contribution in [1.82, 2.24) is 0 Å². The summed E-state index contributed by atoms with van der Waals surface area (Å²) in [4.78, 5) is 2.46. The van der Waals surface area contributed by atoms with Gasteiger partial charge in [-0.1, -0.05) is 206 Å². The lowest BCUT2D eigenvalue weighted by Crippen LogP contribution is -2.28. The minimum absolute atomic E-state index is 0.514. The van der Waals surface area contributed by atoms with E-state index in [0.717, 1.165) is 17.1 Å². The molecule has 0 saturated heterocycles. The van der Waals surface area contributed by atoms with Crippen LogP contribution in [-0.4, -0.2) is 0 Å². The van der Waals surface area contributed by atoms with Crippen LogP contribution in [0.4, 0.5) is 17.1 Å². The van der Waals surface area contributed by atoms with Crippen LogP contribution in [0.2, 0.25) is 0 Å². The fourth-order valence-corrected chi connectivity index (χ4v) is 11.0. The molecule has 12 aromatic carbocycles. The number of hydrogen-bond acceptors (Lipinski definition) is 1. The summed E-state index contributed by atoms with van der Waals surface area (Å²) in [7, 11) is 0. The van der Waals surface area contributed by atoms with Gasteiger partial charge < -0.3 is 4.90 Å². The van der Waals surface area contributed by atoms with Crippen LogP contribution in [-0.2, 0) is 5.41 Å². The minimum atomic E-state index is -0.514. The SMILES string of the molecule is c1ccc(C2(c3ccccc3)c3ccccc3-c3ccc(N(c4ccc(-c5ccc6c(ccc7ccccc76)c5)cc4)c4ccc5c6ccccc6c6ccccc6c5c4)cc32)cc1. The van der Waals surface area contributed by atoms with Crippen LogP contribution >= 0.6 is 0 Å². The van der Waals surface area contributed by atoms with E-state index in [1.807, 2.05) is 0 Å². The molecule has 12 aromatic rings. The second-order valence-electron chi connectivity index (χ2n) is 17.2. The molecule has 298 valence electrons. The molecule has 0 bridgehead atoms. The molecule has 0 aromatic heterocycles. The molecule has 0 radical (unpaired) electrons. The third kappa shape index (κ3) is 5.44. The van der Waals surface area contributed by atoms with E-state index in [0.29, 0.717) is 0 Å². The average molecular weight is 812 g/mol. The standard InChI is InChI=1S/C63H41N/c1-3-16-46(17-4-1)63(47-18-5-2-6-19-47)61-26-14-13-25-58(61)59-38-35-50(41-62(59)63)64(49-34-37-57-55-23-10-9-21-53(55)54-22-11-12-24-56(54)60(57)40-49)48-32-29-42(30-33-48)44-31-36-52-45(39-44)28-27-43-15-7-8-20-51(43)52/h1-41H. The first-order valence-electron chi connectivity index (χ1n) is 22.2. The third-order valence-electron chi connectivity index (χ3n) is 13.9. The molecule has 64 heavy (non-hydrogen) atoms. The lowest BCUT2D eigenvalue weighted by molar-refractivity contribution is 0.768. The molecule has 1 aliphatic rings. The maximum absolute atomic E-state index is 2.47. The Morgan fingerprint density at radius 1 is 0.250 bits per heavy atom. The second-order valence-corrected chi connectivity index (χ2v) is 17.2. The van der Waals surface area contributed by atoms with Gasteiger partial charge >= 0.3 is 0 Å². The Bertz CT molecular complexity index is 3700. The van der Waals surface area contributed by atoms with Crippen molar-refractivity contribution in [1.29, 1.82) is 0 Å². The Kier molecular flexibility index (Phi) is 8.20. The maximum Gasteiger partial charge on any atom is 0.0714 e. The molecular weight excluding hydrogens is 771 g/mol. The van der Waals surface area contributed by atoms with Gasteiger partial charge in [0.05, 0.1) is 5.41 Å². The van der Waals surface area contributed by atoms with Gasteiger partial charge in [-0.3, -0.25) is 0 Å². The van der Waals surface area contributed by atoms with Gasteiger partial charge in [-0.15, -0.1) is 0 Å². The van der Waals surface area contributed by atoms with E-state index < -0.39 is 5.41 Å². The first-order chi connectivity index (χ1) is 31.7. The number of nitrogens with zero attached hydrogens (tertiary/aromatic N) is 1. The smallest absolute Gasteiger partial charge is 0.0714 e. The van der Waals surface area contributed by atoms with Crippen LogP contribution in [0, 0.1) is 0 Å². The Hall–Kier alpha value is -8.26. The largest absolute Gasteiger partial charge is 0.310 e. The predicted molar refractivity (Wildman–Crippen MR) is 271 cm³/mol. The first kappa shape index (κ1) is 36.4. The zero-order valence-electron chi connectivity index (χ0n) is 35.1. The van der Waals surface area contributed by atoms with Crippen LogP contribution in [0.15, 0.2) is 249 Å². The lowest BCUT2D eigenvalue weighted by Gasteiger charge is -2.35. The molecule has 0 spiro atoms. The van der Waals surface area contributed by atoms with E-state index in [4.69, 9.17) is 0 Å². The lowest BCUT2D eigenvalue weighted by atomic mass is 9.67. The summed E-state index contributed by atoms with van der Waals surface area (Å²) in [6.07, 6.45) is 0. The summed E-state index contributed by atoms with van der Waals surface area (Å²) in [6, 6.07) is 92.3. The topological polar surface area (TPSA) is 3.24 Å². The van der Waals surface area contributed by atoms with Crippen molar-refractivity contribution in [2.75, 3.05) is 4.90 Å². The Balaban J connectivity index is 1.03.